The number of aryl methyl sites for hydroxylation is 1. The third kappa shape index (κ3) is 4.04. The molecule has 1 aromatic heterocycles. The van der Waals surface area contributed by atoms with Crippen LogP contribution in [0.25, 0.3) is 0 Å². The molecule has 2 aromatic rings. The van der Waals surface area contributed by atoms with E-state index in [1.165, 1.54) is 11.7 Å². The van der Waals surface area contributed by atoms with Crippen molar-refractivity contribution < 1.29 is 32.2 Å². The standard InChI is InChI=1S/C21H22F3N3O4/c1-3-30-20(29)11-4-6-12(7-5-11)25-19(28)18-15-9-8-14(31-15)17(18)13-10-16(21(22,23)24)26-27(13)2/h4-7,10,14-15,17-18H,3,8-9H2,1-2H3,(H,25,28)/t14-,15-,17+,18+/m0/s1. The Hall–Kier alpha value is -2.88. The Morgan fingerprint density at radius 3 is 2.52 bits per heavy atom. The quantitative estimate of drug-likeness (QED) is 0.724. The molecule has 1 amide bonds. The Labute approximate surface area is 176 Å². The van der Waals surface area contributed by atoms with E-state index in [1.807, 2.05) is 0 Å². The molecule has 0 unspecified atom stereocenters. The number of anilines is 1. The van der Waals surface area contributed by atoms with Crippen molar-refractivity contribution in [3.8, 4) is 0 Å². The van der Waals surface area contributed by atoms with Crippen molar-refractivity contribution in [1.29, 1.82) is 0 Å². The van der Waals surface area contributed by atoms with E-state index >= 15 is 0 Å². The van der Waals surface area contributed by atoms with Gasteiger partial charge in [0.15, 0.2) is 5.69 Å². The second-order valence-electron chi connectivity index (χ2n) is 7.70. The molecule has 1 N–H and O–H groups in total. The van der Waals surface area contributed by atoms with Gasteiger partial charge in [-0.2, -0.15) is 18.3 Å². The van der Waals surface area contributed by atoms with Gasteiger partial charge in [-0.25, -0.2) is 4.79 Å². The van der Waals surface area contributed by atoms with Gasteiger partial charge in [0.25, 0.3) is 0 Å². The zero-order valence-electron chi connectivity index (χ0n) is 17.0. The third-order valence-electron chi connectivity index (χ3n) is 5.79. The maximum absolute atomic E-state index is 13.1. The van der Waals surface area contributed by atoms with Gasteiger partial charge in [-0.05, 0) is 50.1 Å². The first kappa shape index (κ1) is 21.4. The molecule has 0 radical (unpaired) electrons. The second kappa shape index (κ2) is 7.99. The molecule has 1 aromatic carbocycles. The van der Waals surface area contributed by atoms with E-state index in [4.69, 9.17) is 9.47 Å². The van der Waals surface area contributed by atoms with Crippen LogP contribution in [0.2, 0.25) is 0 Å². The minimum absolute atomic E-state index is 0.257. The van der Waals surface area contributed by atoms with E-state index in [2.05, 4.69) is 10.4 Å². The average molecular weight is 437 g/mol. The van der Waals surface area contributed by atoms with Crippen LogP contribution in [0.5, 0.6) is 0 Å². The van der Waals surface area contributed by atoms with Crippen LogP contribution in [-0.2, 0) is 27.5 Å². The molecule has 10 heteroatoms. The molecule has 3 heterocycles. The Morgan fingerprint density at radius 2 is 1.90 bits per heavy atom. The van der Waals surface area contributed by atoms with E-state index in [0.717, 1.165) is 6.07 Å². The van der Waals surface area contributed by atoms with Crippen molar-refractivity contribution in [2.75, 3.05) is 11.9 Å². The molecule has 4 atom stereocenters. The van der Waals surface area contributed by atoms with E-state index in [0.29, 0.717) is 29.8 Å². The molecule has 2 fully saturated rings. The van der Waals surface area contributed by atoms with Crippen LogP contribution in [0.3, 0.4) is 0 Å². The van der Waals surface area contributed by atoms with Crippen molar-refractivity contribution in [2.45, 2.75) is 44.1 Å². The lowest BCUT2D eigenvalue weighted by Gasteiger charge is -2.27. The fourth-order valence-corrected chi connectivity index (χ4v) is 4.45. The summed E-state index contributed by atoms with van der Waals surface area (Å²) >= 11 is 0. The van der Waals surface area contributed by atoms with Gasteiger partial charge in [-0.3, -0.25) is 9.48 Å². The lowest BCUT2D eigenvalue weighted by atomic mass is 9.76. The highest BCUT2D eigenvalue weighted by Gasteiger charge is 2.54. The number of hydrogen-bond acceptors (Lipinski definition) is 5. The number of nitrogens with one attached hydrogen (secondary N) is 1. The Balaban J connectivity index is 1.54. The van der Waals surface area contributed by atoms with Crippen LogP contribution in [0, 0.1) is 5.92 Å². The molecule has 2 bridgehead atoms. The van der Waals surface area contributed by atoms with Crippen molar-refractivity contribution in [3.63, 3.8) is 0 Å². The number of rotatable bonds is 5. The highest BCUT2D eigenvalue weighted by molar-refractivity contribution is 5.95. The van der Waals surface area contributed by atoms with Crippen LogP contribution >= 0.6 is 0 Å². The lowest BCUT2D eigenvalue weighted by Crippen LogP contribution is -2.36. The second-order valence-corrected chi connectivity index (χ2v) is 7.70. The van der Waals surface area contributed by atoms with Gasteiger partial charge < -0.3 is 14.8 Å². The molecular formula is C21H22F3N3O4. The van der Waals surface area contributed by atoms with Crippen LogP contribution in [-0.4, -0.2) is 40.5 Å². The van der Waals surface area contributed by atoms with Crippen LogP contribution in [0.4, 0.5) is 18.9 Å². The molecule has 7 nitrogen and oxygen atoms in total. The van der Waals surface area contributed by atoms with E-state index < -0.39 is 29.7 Å². The van der Waals surface area contributed by atoms with Crippen molar-refractivity contribution in [3.05, 3.63) is 47.3 Å². The fraction of sp³-hybridized carbons (Fsp3) is 0.476. The predicted octanol–water partition coefficient (Wildman–Crippen LogP) is 3.52. The summed E-state index contributed by atoms with van der Waals surface area (Å²) in [5, 5.41) is 6.39. The summed E-state index contributed by atoms with van der Waals surface area (Å²) in [5.74, 6) is -1.96. The number of amides is 1. The number of carbonyl (C=O) groups is 2. The fourth-order valence-electron chi connectivity index (χ4n) is 4.45. The first-order valence-electron chi connectivity index (χ1n) is 10.0. The predicted molar refractivity (Wildman–Crippen MR) is 103 cm³/mol. The van der Waals surface area contributed by atoms with Crippen molar-refractivity contribution in [1.82, 2.24) is 9.78 Å². The molecule has 0 saturated carbocycles. The molecular weight excluding hydrogens is 415 g/mol. The molecule has 4 rings (SSSR count). The summed E-state index contributed by atoms with van der Waals surface area (Å²) in [6, 6.07) is 7.25. The molecule has 2 saturated heterocycles. The summed E-state index contributed by atoms with van der Waals surface area (Å²) < 4.78 is 51.4. The van der Waals surface area contributed by atoms with Crippen LogP contribution < -0.4 is 5.32 Å². The Morgan fingerprint density at radius 1 is 1.23 bits per heavy atom. The molecule has 31 heavy (non-hydrogen) atoms. The molecule has 0 spiro atoms. The number of benzene rings is 1. The van der Waals surface area contributed by atoms with Gasteiger partial charge in [-0.1, -0.05) is 0 Å². The van der Waals surface area contributed by atoms with E-state index in [1.54, 1.807) is 31.2 Å². The molecule has 166 valence electrons. The number of aromatic nitrogens is 2. The topological polar surface area (TPSA) is 82.5 Å². The highest BCUT2D eigenvalue weighted by atomic mass is 19.4. The third-order valence-corrected chi connectivity index (χ3v) is 5.79. The van der Waals surface area contributed by atoms with E-state index in [-0.39, 0.29) is 24.7 Å². The summed E-state index contributed by atoms with van der Waals surface area (Å²) in [6.07, 6.45) is -3.90. The molecule has 2 aliphatic rings. The van der Waals surface area contributed by atoms with Gasteiger partial charge in [0.2, 0.25) is 5.91 Å². The zero-order chi connectivity index (χ0) is 22.3. The number of carbonyl (C=O) groups excluding carboxylic acids is 2. The van der Waals surface area contributed by atoms with Gasteiger partial charge in [0.05, 0.1) is 30.3 Å². The molecule has 0 aliphatic carbocycles. The van der Waals surface area contributed by atoms with E-state index in [9.17, 15) is 22.8 Å². The Bertz CT molecular complexity index is 987. The van der Waals surface area contributed by atoms with Gasteiger partial charge in [-0.15, -0.1) is 0 Å². The summed E-state index contributed by atoms with van der Waals surface area (Å²) in [6.45, 7) is 1.97. The number of ether oxygens (including phenoxy) is 2. The number of halogens is 3. The monoisotopic (exact) mass is 437 g/mol. The minimum Gasteiger partial charge on any atom is -0.462 e. The summed E-state index contributed by atoms with van der Waals surface area (Å²) in [4.78, 5) is 24.9. The van der Waals surface area contributed by atoms with Crippen molar-refractivity contribution in [2.24, 2.45) is 13.0 Å². The Kier molecular flexibility index (Phi) is 5.50. The zero-order valence-corrected chi connectivity index (χ0v) is 17.0. The first-order chi connectivity index (χ1) is 14.7. The first-order valence-corrected chi connectivity index (χ1v) is 10.0. The van der Waals surface area contributed by atoms with Crippen molar-refractivity contribution >= 4 is 17.6 Å². The smallest absolute Gasteiger partial charge is 0.435 e. The molecule has 2 aliphatic heterocycles. The number of nitrogens with zero attached hydrogens (tertiary/aromatic N) is 2. The maximum Gasteiger partial charge on any atom is 0.435 e. The summed E-state index contributed by atoms with van der Waals surface area (Å²) in [5.41, 5.74) is 0.176. The number of esters is 1. The number of alkyl halides is 3. The van der Waals surface area contributed by atoms with Crippen LogP contribution in [0.15, 0.2) is 30.3 Å². The van der Waals surface area contributed by atoms with Gasteiger partial charge in [0.1, 0.15) is 0 Å². The largest absolute Gasteiger partial charge is 0.462 e. The number of hydrogen-bond donors (Lipinski definition) is 1. The average Bonchev–Trinajstić information content (AvgIpc) is 3.42. The van der Waals surface area contributed by atoms with Gasteiger partial charge in [0, 0.05) is 24.3 Å². The number of fused-ring (bicyclic) bond motifs is 2. The summed E-state index contributed by atoms with van der Waals surface area (Å²) in [7, 11) is 1.44. The van der Waals surface area contributed by atoms with Crippen LogP contribution in [0.1, 0.15) is 47.4 Å². The van der Waals surface area contributed by atoms with Gasteiger partial charge >= 0.3 is 12.1 Å². The lowest BCUT2D eigenvalue weighted by molar-refractivity contribution is -0.141. The maximum atomic E-state index is 13.1. The SMILES string of the molecule is CCOC(=O)c1ccc(NC(=O)[C@H]2[C@H](c3cc(C(F)(F)F)nn3C)[C@@H]3CC[C@@H]2O3)cc1. The minimum atomic E-state index is -4.56. The highest BCUT2D eigenvalue weighted by Crippen LogP contribution is 2.49. The normalized spacial score (nSPS) is 24.9.